The Bertz CT molecular complexity index is 832. The predicted octanol–water partition coefficient (Wildman–Crippen LogP) is 3.72. The van der Waals surface area contributed by atoms with E-state index in [9.17, 15) is 14.4 Å². The van der Waals surface area contributed by atoms with Crippen LogP contribution in [0.1, 0.15) is 5.76 Å². The normalized spacial score (nSPS) is 16.0. The first-order valence-corrected chi connectivity index (χ1v) is 8.49. The molecule has 2 heterocycles. The van der Waals surface area contributed by atoms with Crippen LogP contribution in [-0.4, -0.2) is 28.5 Å². The van der Waals surface area contributed by atoms with Gasteiger partial charge in [0.15, 0.2) is 0 Å². The molecule has 0 unspecified atom stereocenters. The molecule has 8 heteroatoms. The first kappa shape index (κ1) is 16.5. The number of benzene rings is 1. The Morgan fingerprint density at radius 3 is 2.75 bits per heavy atom. The Kier molecular flexibility index (Phi) is 4.86. The van der Waals surface area contributed by atoms with Gasteiger partial charge in [-0.3, -0.25) is 19.3 Å². The second kappa shape index (κ2) is 7.06. The Morgan fingerprint density at radius 1 is 1.25 bits per heavy atom. The van der Waals surface area contributed by atoms with E-state index >= 15 is 0 Å². The Labute approximate surface area is 150 Å². The fourth-order valence-corrected chi connectivity index (χ4v) is 3.24. The van der Waals surface area contributed by atoms with E-state index in [2.05, 4.69) is 21.2 Å². The number of para-hydroxylation sites is 1. The lowest BCUT2D eigenvalue weighted by Gasteiger charge is -2.13. The van der Waals surface area contributed by atoms with Crippen LogP contribution in [0.25, 0.3) is 6.08 Å². The summed E-state index contributed by atoms with van der Waals surface area (Å²) in [7, 11) is 0. The summed E-state index contributed by atoms with van der Waals surface area (Å²) in [5, 5.41) is 2.17. The molecule has 1 fully saturated rings. The third-order valence-corrected chi connectivity index (χ3v) is 4.74. The third kappa shape index (κ3) is 3.60. The summed E-state index contributed by atoms with van der Waals surface area (Å²) in [5.74, 6) is -0.495. The molecule has 3 rings (SSSR count). The van der Waals surface area contributed by atoms with Gasteiger partial charge in [0.25, 0.3) is 11.1 Å². The smallest absolute Gasteiger partial charge is 0.294 e. The van der Waals surface area contributed by atoms with Crippen molar-refractivity contribution in [1.29, 1.82) is 0 Å². The van der Waals surface area contributed by atoms with Crippen molar-refractivity contribution < 1.29 is 18.8 Å². The molecule has 1 aliphatic rings. The highest BCUT2D eigenvalue weighted by Gasteiger charge is 2.36. The van der Waals surface area contributed by atoms with E-state index in [1.807, 2.05) is 6.07 Å². The van der Waals surface area contributed by atoms with Gasteiger partial charge >= 0.3 is 0 Å². The van der Waals surface area contributed by atoms with Gasteiger partial charge in [0, 0.05) is 10.5 Å². The number of anilines is 1. The molecule has 0 radical (unpaired) electrons. The lowest BCUT2D eigenvalue weighted by molar-refractivity contribution is -0.127. The highest BCUT2D eigenvalue weighted by Crippen LogP contribution is 2.32. The van der Waals surface area contributed by atoms with Gasteiger partial charge in [-0.2, -0.15) is 0 Å². The summed E-state index contributed by atoms with van der Waals surface area (Å²) in [5.41, 5.74) is 0.570. The highest BCUT2D eigenvalue weighted by atomic mass is 79.9. The molecule has 0 bridgehead atoms. The van der Waals surface area contributed by atoms with Gasteiger partial charge < -0.3 is 9.73 Å². The van der Waals surface area contributed by atoms with Crippen molar-refractivity contribution in [2.24, 2.45) is 0 Å². The number of rotatable bonds is 4. The fraction of sp³-hybridized carbons (Fsp3) is 0.0625. The number of amides is 3. The SMILES string of the molecule is O=C(CN1C(=O)S/C(=C/c2ccco2)C1=O)Nc1ccccc1Br. The number of furan rings is 1. The first-order valence-electron chi connectivity index (χ1n) is 6.88. The fourth-order valence-electron chi connectivity index (χ4n) is 2.03. The Hall–Kier alpha value is -2.32. The van der Waals surface area contributed by atoms with E-state index in [1.165, 1.54) is 12.3 Å². The number of nitrogens with one attached hydrogen (secondary N) is 1. The maximum atomic E-state index is 12.3. The van der Waals surface area contributed by atoms with Gasteiger partial charge in [0.05, 0.1) is 16.9 Å². The van der Waals surface area contributed by atoms with Crippen LogP contribution >= 0.6 is 27.7 Å². The van der Waals surface area contributed by atoms with Crippen molar-refractivity contribution in [3.8, 4) is 0 Å². The molecule has 1 N–H and O–H groups in total. The summed E-state index contributed by atoms with van der Waals surface area (Å²) in [4.78, 5) is 37.5. The molecule has 0 aliphatic carbocycles. The summed E-state index contributed by atoms with van der Waals surface area (Å²) in [6, 6.07) is 10.4. The van der Waals surface area contributed by atoms with Gasteiger partial charge in [-0.15, -0.1) is 0 Å². The van der Waals surface area contributed by atoms with Gasteiger partial charge in [-0.25, -0.2) is 0 Å². The number of thioether (sulfide) groups is 1. The molecule has 122 valence electrons. The zero-order valence-corrected chi connectivity index (χ0v) is 14.6. The minimum Gasteiger partial charge on any atom is -0.465 e. The molecule has 1 aromatic heterocycles. The molecule has 1 aromatic carbocycles. The van der Waals surface area contributed by atoms with Crippen LogP contribution < -0.4 is 5.32 Å². The van der Waals surface area contributed by atoms with Crippen LogP contribution in [0.5, 0.6) is 0 Å². The summed E-state index contributed by atoms with van der Waals surface area (Å²) >= 11 is 4.10. The average Bonchev–Trinajstić information content (AvgIpc) is 3.14. The zero-order valence-electron chi connectivity index (χ0n) is 12.2. The van der Waals surface area contributed by atoms with E-state index in [1.54, 1.807) is 30.3 Å². The van der Waals surface area contributed by atoms with Crippen LogP contribution in [0, 0.1) is 0 Å². The van der Waals surface area contributed by atoms with Crippen LogP contribution in [0.3, 0.4) is 0 Å². The van der Waals surface area contributed by atoms with Crippen molar-refractivity contribution >= 4 is 56.5 Å². The van der Waals surface area contributed by atoms with Gasteiger partial charge in [-0.1, -0.05) is 12.1 Å². The maximum Gasteiger partial charge on any atom is 0.294 e. The zero-order chi connectivity index (χ0) is 17.1. The average molecular weight is 407 g/mol. The van der Waals surface area contributed by atoms with Crippen molar-refractivity contribution in [2.75, 3.05) is 11.9 Å². The highest BCUT2D eigenvalue weighted by molar-refractivity contribution is 9.10. The Balaban J connectivity index is 1.69. The van der Waals surface area contributed by atoms with Crippen LogP contribution in [0.15, 0.2) is 56.5 Å². The topological polar surface area (TPSA) is 79.6 Å². The van der Waals surface area contributed by atoms with Crippen molar-refractivity contribution in [1.82, 2.24) is 4.90 Å². The van der Waals surface area contributed by atoms with E-state index in [0.29, 0.717) is 15.9 Å². The predicted molar refractivity (Wildman–Crippen MR) is 94.2 cm³/mol. The molecule has 24 heavy (non-hydrogen) atoms. The molecule has 6 nitrogen and oxygen atoms in total. The second-order valence-corrected chi connectivity index (χ2v) is 6.66. The molecule has 1 saturated heterocycles. The quantitative estimate of drug-likeness (QED) is 0.782. The monoisotopic (exact) mass is 406 g/mol. The molecule has 0 spiro atoms. The summed E-state index contributed by atoms with van der Waals surface area (Å²) in [6.45, 7) is -0.346. The van der Waals surface area contributed by atoms with Gasteiger partial charge in [-0.05, 0) is 52.0 Å². The van der Waals surface area contributed by atoms with Crippen molar-refractivity contribution in [3.63, 3.8) is 0 Å². The van der Waals surface area contributed by atoms with Gasteiger partial charge in [0.1, 0.15) is 12.3 Å². The number of hydrogen-bond donors (Lipinski definition) is 1. The molecule has 0 saturated carbocycles. The third-order valence-electron chi connectivity index (χ3n) is 3.14. The number of halogens is 1. The number of imide groups is 1. The number of carbonyl (C=O) groups is 3. The lowest BCUT2D eigenvalue weighted by Crippen LogP contribution is -2.36. The maximum absolute atomic E-state index is 12.3. The van der Waals surface area contributed by atoms with E-state index in [-0.39, 0.29) is 11.4 Å². The lowest BCUT2D eigenvalue weighted by atomic mass is 10.3. The number of nitrogens with zero attached hydrogens (tertiary/aromatic N) is 1. The van der Waals surface area contributed by atoms with E-state index < -0.39 is 17.1 Å². The molecular formula is C16H11BrN2O4S. The molecule has 3 amide bonds. The molecular weight excluding hydrogens is 396 g/mol. The molecule has 0 atom stereocenters. The Morgan fingerprint density at radius 2 is 2.04 bits per heavy atom. The minimum absolute atomic E-state index is 0.226. The standard InChI is InChI=1S/C16H11BrN2O4S/c17-11-5-1-2-6-12(11)18-14(20)9-19-15(21)13(24-16(19)22)8-10-4-3-7-23-10/h1-8H,9H2,(H,18,20)/b13-8+. The van der Waals surface area contributed by atoms with E-state index in [4.69, 9.17) is 4.42 Å². The minimum atomic E-state index is -0.510. The first-order chi connectivity index (χ1) is 11.5. The molecule has 2 aromatic rings. The number of carbonyl (C=O) groups excluding carboxylic acids is 3. The largest absolute Gasteiger partial charge is 0.465 e. The van der Waals surface area contributed by atoms with Crippen LogP contribution in [-0.2, 0) is 9.59 Å². The number of hydrogen-bond acceptors (Lipinski definition) is 5. The van der Waals surface area contributed by atoms with Crippen molar-refractivity contribution in [2.45, 2.75) is 0 Å². The van der Waals surface area contributed by atoms with Crippen LogP contribution in [0.2, 0.25) is 0 Å². The second-order valence-electron chi connectivity index (χ2n) is 4.81. The van der Waals surface area contributed by atoms with Crippen molar-refractivity contribution in [3.05, 3.63) is 57.8 Å². The molecule has 1 aliphatic heterocycles. The summed E-state index contributed by atoms with van der Waals surface area (Å²) < 4.78 is 5.84. The summed E-state index contributed by atoms with van der Waals surface area (Å²) in [6.07, 6.45) is 2.96. The van der Waals surface area contributed by atoms with Gasteiger partial charge in [0.2, 0.25) is 5.91 Å². The van der Waals surface area contributed by atoms with E-state index in [0.717, 1.165) is 16.7 Å². The van der Waals surface area contributed by atoms with Crippen LogP contribution in [0.4, 0.5) is 10.5 Å².